The van der Waals surface area contributed by atoms with Gasteiger partial charge in [0, 0.05) is 25.5 Å². The molecule has 1 aromatic rings. The van der Waals surface area contributed by atoms with Crippen LogP contribution in [0.25, 0.3) is 0 Å². The van der Waals surface area contributed by atoms with Gasteiger partial charge in [0.05, 0.1) is 6.42 Å². The van der Waals surface area contributed by atoms with Crippen LogP contribution < -0.4 is 0 Å². The Balaban J connectivity index is 2.86. The molecule has 1 N–H and O–H groups in total. The van der Waals surface area contributed by atoms with Crippen molar-refractivity contribution in [2.24, 2.45) is 0 Å². The van der Waals surface area contributed by atoms with E-state index in [1.54, 1.807) is 52.0 Å². The lowest BCUT2D eigenvalue weighted by molar-refractivity contribution is -0.142. The standard InChI is InChI=1S/C20H27NO6/c1-6-15(22)12-17(23)14-9-7-13(8-10-14)11-16(18(24)25)21(5)19(26)27-20(2,3)4/h7-10,16H,6,11-12H2,1-5H3,(H,24,25). The number of ketones is 2. The third-order valence-electron chi connectivity index (χ3n) is 3.89. The minimum absolute atomic E-state index is 0.0629. The normalized spacial score (nSPS) is 12.2. The summed E-state index contributed by atoms with van der Waals surface area (Å²) in [6, 6.07) is 5.27. The first-order chi connectivity index (χ1) is 12.4. The molecule has 148 valence electrons. The molecule has 0 saturated heterocycles. The second-order valence-corrected chi connectivity index (χ2v) is 7.34. The van der Waals surface area contributed by atoms with E-state index in [1.165, 1.54) is 7.05 Å². The third-order valence-corrected chi connectivity index (χ3v) is 3.89. The van der Waals surface area contributed by atoms with Crippen LogP contribution in [0.15, 0.2) is 24.3 Å². The smallest absolute Gasteiger partial charge is 0.410 e. The van der Waals surface area contributed by atoms with Crippen molar-refractivity contribution in [3.63, 3.8) is 0 Å². The van der Waals surface area contributed by atoms with Crippen LogP contribution in [0, 0.1) is 0 Å². The molecule has 1 aromatic carbocycles. The lowest BCUT2D eigenvalue weighted by Crippen LogP contribution is -2.46. The highest BCUT2D eigenvalue weighted by molar-refractivity contribution is 6.07. The van der Waals surface area contributed by atoms with Gasteiger partial charge in [-0.3, -0.25) is 14.5 Å². The average molecular weight is 377 g/mol. The molecule has 1 amide bonds. The summed E-state index contributed by atoms with van der Waals surface area (Å²) in [6.45, 7) is 6.81. The van der Waals surface area contributed by atoms with Crippen molar-refractivity contribution in [2.75, 3.05) is 7.05 Å². The van der Waals surface area contributed by atoms with Crippen LogP contribution in [0.5, 0.6) is 0 Å². The van der Waals surface area contributed by atoms with E-state index in [4.69, 9.17) is 4.74 Å². The van der Waals surface area contributed by atoms with Crippen LogP contribution >= 0.6 is 0 Å². The molecule has 27 heavy (non-hydrogen) atoms. The Morgan fingerprint density at radius 3 is 2.11 bits per heavy atom. The van der Waals surface area contributed by atoms with Crippen LogP contribution in [0.1, 0.15) is 56.5 Å². The largest absolute Gasteiger partial charge is 0.480 e. The number of aliphatic carboxylic acids is 1. The van der Waals surface area contributed by atoms with Gasteiger partial charge in [-0.15, -0.1) is 0 Å². The Kier molecular flexibility index (Phi) is 7.69. The number of amides is 1. The summed E-state index contributed by atoms with van der Waals surface area (Å²) in [7, 11) is 1.38. The fraction of sp³-hybridized carbons (Fsp3) is 0.500. The summed E-state index contributed by atoms with van der Waals surface area (Å²) < 4.78 is 5.21. The molecular formula is C20H27NO6. The minimum atomic E-state index is -1.16. The Labute approximate surface area is 159 Å². The summed E-state index contributed by atoms with van der Waals surface area (Å²) >= 11 is 0. The van der Waals surface area contributed by atoms with Gasteiger partial charge in [-0.2, -0.15) is 0 Å². The van der Waals surface area contributed by atoms with Gasteiger partial charge in [0.25, 0.3) is 0 Å². The summed E-state index contributed by atoms with van der Waals surface area (Å²) in [6.07, 6.45) is -0.497. The number of hydrogen-bond donors (Lipinski definition) is 1. The zero-order chi connectivity index (χ0) is 20.8. The van der Waals surface area contributed by atoms with E-state index < -0.39 is 23.7 Å². The van der Waals surface area contributed by atoms with Crippen LogP contribution in [0.2, 0.25) is 0 Å². The Hall–Kier alpha value is -2.70. The monoisotopic (exact) mass is 377 g/mol. The Morgan fingerprint density at radius 1 is 1.11 bits per heavy atom. The van der Waals surface area contributed by atoms with Gasteiger partial charge in [0.1, 0.15) is 17.4 Å². The second kappa shape index (κ2) is 9.30. The lowest BCUT2D eigenvalue weighted by atomic mass is 10.00. The molecular weight excluding hydrogens is 350 g/mol. The molecule has 0 bridgehead atoms. The van der Waals surface area contributed by atoms with Crippen LogP contribution in [0.4, 0.5) is 4.79 Å². The van der Waals surface area contributed by atoms with Crippen LogP contribution in [-0.2, 0) is 20.7 Å². The van der Waals surface area contributed by atoms with Crippen molar-refractivity contribution in [3.8, 4) is 0 Å². The molecule has 0 aromatic heterocycles. The van der Waals surface area contributed by atoms with E-state index in [0.717, 1.165) is 4.90 Å². The zero-order valence-corrected chi connectivity index (χ0v) is 16.4. The second-order valence-electron chi connectivity index (χ2n) is 7.34. The molecule has 1 unspecified atom stereocenters. The predicted molar refractivity (Wildman–Crippen MR) is 99.8 cm³/mol. The number of ether oxygens (including phenoxy) is 1. The molecule has 0 saturated carbocycles. The van der Waals surface area contributed by atoms with Crippen molar-refractivity contribution >= 4 is 23.6 Å². The van der Waals surface area contributed by atoms with Gasteiger partial charge in [-0.05, 0) is 26.3 Å². The van der Waals surface area contributed by atoms with Gasteiger partial charge in [-0.25, -0.2) is 9.59 Å². The highest BCUT2D eigenvalue weighted by Gasteiger charge is 2.30. The molecule has 7 heteroatoms. The topological polar surface area (TPSA) is 101 Å². The molecule has 0 heterocycles. The van der Waals surface area contributed by atoms with E-state index >= 15 is 0 Å². The van der Waals surface area contributed by atoms with Gasteiger partial charge in [0.2, 0.25) is 0 Å². The number of Topliss-reactive ketones (excluding diaryl/α,β-unsaturated/α-hetero) is 2. The SMILES string of the molecule is CCC(=O)CC(=O)c1ccc(CC(C(=O)O)N(C)C(=O)OC(C)(C)C)cc1. The highest BCUT2D eigenvalue weighted by Crippen LogP contribution is 2.15. The van der Waals surface area contributed by atoms with E-state index in [1.807, 2.05) is 0 Å². The molecule has 0 radical (unpaired) electrons. The Morgan fingerprint density at radius 2 is 1.67 bits per heavy atom. The fourth-order valence-electron chi connectivity index (χ4n) is 2.31. The van der Waals surface area contributed by atoms with Crippen LogP contribution in [0.3, 0.4) is 0 Å². The lowest BCUT2D eigenvalue weighted by Gasteiger charge is -2.28. The maximum Gasteiger partial charge on any atom is 0.410 e. The number of carbonyl (C=O) groups is 4. The molecule has 0 aliphatic rings. The molecule has 7 nitrogen and oxygen atoms in total. The third kappa shape index (κ3) is 7.21. The van der Waals surface area contributed by atoms with Gasteiger partial charge >= 0.3 is 12.1 Å². The zero-order valence-electron chi connectivity index (χ0n) is 16.4. The van der Waals surface area contributed by atoms with Crippen LogP contribution in [-0.4, -0.2) is 52.3 Å². The van der Waals surface area contributed by atoms with Gasteiger partial charge < -0.3 is 9.84 Å². The Bertz CT molecular complexity index is 702. The first-order valence-electron chi connectivity index (χ1n) is 8.77. The molecule has 1 atom stereocenters. The summed E-state index contributed by atoms with van der Waals surface area (Å²) in [5, 5.41) is 9.48. The number of carbonyl (C=O) groups excluding carboxylic acids is 3. The molecule has 0 fully saturated rings. The summed E-state index contributed by atoms with van der Waals surface area (Å²) in [5.74, 6) is -1.56. The first-order valence-corrected chi connectivity index (χ1v) is 8.77. The molecule has 0 aliphatic heterocycles. The number of rotatable bonds is 8. The number of carboxylic acid groups (broad SMARTS) is 1. The first kappa shape index (κ1) is 22.3. The van der Waals surface area contributed by atoms with Gasteiger partial charge in [-0.1, -0.05) is 31.2 Å². The number of nitrogens with zero attached hydrogens (tertiary/aromatic N) is 1. The number of carboxylic acids is 1. The van der Waals surface area contributed by atoms with Crippen molar-refractivity contribution in [3.05, 3.63) is 35.4 Å². The van der Waals surface area contributed by atoms with E-state index in [0.29, 0.717) is 17.5 Å². The molecule has 0 spiro atoms. The summed E-state index contributed by atoms with van der Waals surface area (Å²) in [5.41, 5.74) is 0.316. The maximum absolute atomic E-state index is 12.1. The molecule has 1 rings (SSSR count). The van der Waals surface area contributed by atoms with Crippen molar-refractivity contribution < 1.29 is 29.0 Å². The van der Waals surface area contributed by atoms with Gasteiger partial charge in [0.15, 0.2) is 5.78 Å². The minimum Gasteiger partial charge on any atom is -0.480 e. The number of hydrogen-bond acceptors (Lipinski definition) is 5. The predicted octanol–water partition coefficient (Wildman–Crippen LogP) is 3.10. The van der Waals surface area contributed by atoms with E-state index in [-0.39, 0.29) is 24.4 Å². The summed E-state index contributed by atoms with van der Waals surface area (Å²) in [4.78, 5) is 48.2. The quantitative estimate of drug-likeness (QED) is 0.552. The maximum atomic E-state index is 12.1. The fourth-order valence-corrected chi connectivity index (χ4v) is 2.31. The number of benzene rings is 1. The van der Waals surface area contributed by atoms with Crippen molar-refractivity contribution in [2.45, 2.75) is 58.6 Å². The van der Waals surface area contributed by atoms with Crippen molar-refractivity contribution in [1.82, 2.24) is 4.90 Å². The highest BCUT2D eigenvalue weighted by atomic mass is 16.6. The molecule has 0 aliphatic carbocycles. The number of likely N-dealkylation sites (N-methyl/N-ethyl adjacent to an activating group) is 1. The van der Waals surface area contributed by atoms with E-state index in [2.05, 4.69) is 0 Å². The van der Waals surface area contributed by atoms with Crippen molar-refractivity contribution in [1.29, 1.82) is 0 Å². The average Bonchev–Trinajstić information content (AvgIpc) is 2.57. The van der Waals surface area contributed by atoms with E-state index in [9.17, 15) is 24.3 Å².